The van der Waals surface area contributed by atoms with Crippen molar-refractivity contribution in [2.24, 2.45) is 4.99 Å². The highest BCUT2D eigenvalue weighted by Crippen LogP contribution is 2.13. The molecule has 0 radical (unpaired) electrons. The molecular weight excluding hydrogens is 312 g/mol. The second kappa shape index (κ2) is 9.57. The van der Waals surface area contributed by atoms with Crippen molar-refractivity contribution in [2.75, 3.05) is 32.6 Å². The Labute approximate surface area is 150 Å². The van der Waals surface area contributed by atoms with Crippen molar-refractivity contribution in [3.8, 4) is 5.75 Å². The minimum Gasteiger partial charge on any atom is -0.497 e. The van der Waals surface area contributed by atoms with Crippen molar-refractivity contribution < 1.29 is 4.74 Å². The molecule has 2 aromatic carbocycles. The molecule has 0 fully saturated rings. The Morgan fingerprint density at radius 2 is 1.80 bits per heavy atom. The number of ether oxygens (including phenoxy) is 1. The lowest BCUT2D eigenvalue weighted by Gasteiger charge is -2.14. The molecule has 5 heteroatoms. The van der Waals surface area contributed by atoms with Crippen LogP contribution in [0.5, 0.6) is 5.75 Å². The van der Waals surface area contributed by atoms with Gasteiger partial charge in [-0.1, -0.05) is 24.3 Å². The Hall–Kier alpha value is -2.69. The van der Waals surface area contributed by atoms with E-state index < -0.39 is 0 Å². The largest absolute Gasteiger partial charge is 0.497 e. The molecule has 0 unspecified atom stereocenters. The molecule has 25 heavy (non-hydrogen) atoms. The van der Waals surface area contributed by atoms with E-state index in [0.717, 1.165) is 30.4 Å². The summed E-state index contributed by atoms with van der Waals surface area (Å²) < 4.78 is 5.26. The summed E-state index contributed by atoms with van der Waals surface area (Å²) in [5.74, 6) is 1.66. The molecule has 0 aliphatic rings. The third-order valence-corrected chi connectivity index (χ3v) is 3.81. The molecule has 0 aliphatic heterocycles. The summed E-state index contributed by atoms with van der Waals surface area (Å²) in [6.45, 7) is 4.22. The molecule has 2 rings (SSSR count). The number of guanidine groups is 1. The lowest BCUT2D eigenvalue weighted by molar-refractivity contribution is 0.414. The van der Waals surface area contributed by atoms with Crippen LogP contribution in [0.1, 0.15) is 18.1 Å². The third kappa shape index (κ3) is 6.03. The van der Waals surface area contributed by atoms with Crippen LogP contribution in [0.25, 0.3) is 0 Å². The van der Waals surface area contributed by atoms with Gasteiger partial charge in [-0.15, -0.1) is 0 Å². The average molecular weight is 340 g/mol. The highest BCUT2D eigenvalue weighted by atomic mass is 16.5. The van der Waals surface area contributed by atoms with Crippen LogP contribution in [-0.2, 0) is 13.1 Å². The van der Waals surface area contributed by atoms with Crippen LogP contribution in [-0.4, -0.2) is 33.7 Å². The van der Waals surface area contributed by atoms with Crippen LogP contribution in [0, 0.1) is 0 Å². The maximum Gasteiger partial charge on any atom is 0.191 e. The van der Waals surface area contributed by atoms with Gasteiger partial charge in [0, 0.05) is 32.9 Å². The SMILES string of the molecule is CCNC(=NCc1cccc(OC)c1)NCc1ccc(N(C)C)cc1. The van der Waals surface area contributed by atoms with Gasteiger partial charge < -0.3 is 20.3 Å². The van der Waals surface area contributed by atoms with Gasteiger partial charge in [-0.05, 0) is 42.3 Å². The molecular formula is C20H28N4O. The first-order chi connectivity index (χ1) is 12.1. The van der Waals surface area contributed by atoms with Gasteiger partial charge in [0.2, 0.25) is 0 Å². The minimum atomic E-state index is 0.603. The van der Waals surface area contributed by atoms with Crippen LogP contribution >= 0.6 is 0 Å². The van der Waals surface area contributed by atoms with Crippen LogP contribution in [0.3, 0.4) is 0 Å². The van der Waals surface area contributed by atoms with Crippen molar-refractivity contribution >= 4 is 11.6 Å². The molecule has 0 aliphatic carbocycles. The second-order valence-corrected chi connectivity index (χ2v) is 5.96. The van der Waals surface area contributed by atoms with Gasteiger partial charge in [0.25, 0.3) is 0 Å². The monoisotopic (exact) mass is 340 g/mol. The maximum atomic E-state index is 5.26. The Morgan fingerprint density at radius 1 is 1.04 bits per heavy atom. The topological polar surface area (TPSA) is 48.9 Å². The van der Waals surface area contributed by atoms with Crippen LogP contribution in [0.15, 0.2) is 53.5 Å². The Balaban J connectivity index is 1.97. The van der Waals surface area contributed by atoms with E-state index in [4.69, 9.17) is 4.74 Å². The van der Waals surface area contributed by atoms with Crippen molar-refractivity contribution in [3.63, 3.8) is 0 Å². The second-order valence-electron chi connectivity index (χ2n) is 5.96. The molecule has 2 N–H and O–H groups in total. The minimum absolute atomic E-state index is 0.603. The standard InChI is InChI=1S/C20H28N4O/c1-5-21-20(23-15-17-7-6-8-19(13-17)25-4)22-14-16-9-11-18(12-10-16)24(2)3/h6-13H,5,14-15H2,1-4H3,(H2,21,22,23). The Morgan fingerprint density at radius 3 is 2.44 bits per heavy atom. The zero-order chi connectivity index (χ0) is 18.1. The first kappa shape index (κ1) is 18.6. The number of nitrogens with zero attached hydrogens (tertiary/aromatic N) is 2. The molecule has 0 bridgehead atoms. The lowest BCUT2D eigenvalue weighted by Crippen LogP contribution is -2.36. The zero-order valence-corrected chi connectivity index (χ0v) is 15.5. The number of rotatable bonds is 7. The van der Waals surface area contributed by atoms with E-state index in [1.165, 1.54) is 11.3 Å². The summed E-state index contributed by atoms with van der Waals surface area (Å²) in [6.07, 6.45) is 0. The molecule has 0 amide bonds. The van der Waals surface area contributed by atoms with Gasteiger partial charge in [0.15, 0.2) is 5.96 Å². The Kier molecular flexibility index (Phi) is 7.14. The Bertz CT molecular complexity index is 680. The number of aliphatic imine (C=N–C) groups is 1. The maximum absolute atomic E-state index is 5.26. The predicted octanol–water partition coefficient (Wildman–Crippen LogP) is 3.02. The van der Waals surface area contributed by atoms with E-state index in [0.29, 0.717) is 6.54 Å². The van der Waals surface area contributed by atoms with E-state index in [1.807, 2.05) is 32.3 Å². The molecule has 5 nitrogen and oxygen atoms in total. The summed E-state index contributed by atoms with van der Waals surface area (Å²) in [6, 6.07) is 16.5. The van der Waals surface area contributed by atoms with Gasteiger partial charge >= 0.3 is 0 Å². The summed E-state index contributed by atoms with van der Waals surface area (Å²) in [4.78, 5) is 6.74. The highest BCUT2D eigenvalue weighted by Gasteiger charge is 2.01. The van der Waals surface area contributed by atoms with Gasteiger partial charge in [0.05, 0.1) is 13.7 Å². The third-order valence-electron chi connectivity index (χ3n) is 3.81. The van der Waals surface area contributed by atoms with Gasteiger partial charge in [-0.25, -0.2) is 4.99 Å². The molecule has 2 aromatic rings. The van der Waals surface area contributed by atoms with Gasteiger partial charge in [0.1, 0.15) is 5.75 Å². The number of benzene rings is 2. The van der Waals surface area contributed by atoms with Crippen LogP contribution < -0.4 is 20.3 Å². The number of methoxy groups -OCH3 is 1. The number of hydrogen-bond acceptors (Lipinski definition) is 3. The van der Waals surface area contributed by atoms with E-state index in [1.54, 1.807) is 7.11 Å². The molecule has 0 atom stereocenters. The molecule has 0 aromatic heterocycles. The summed E-state index contributed by atoms with van der Waals surface area (Å²) >= 11 is 0. The number of anilines is 1. The summed E-state index contributed by atoms with van der Waals surface area (Å²) in [7, 11) is 5.76. The fourth-order valence-corrected chi connectivity index (χ4v) is 2.38. The zero-order valence-electron chi connectivity index (χ0n) is 15.5. The van der Waals surface area contributed by atoms with Crippen molar-refractivity contribution in [3.05, 3.63) is 59.7 Å². The first-order valence-electron chi connectivity index (χ1n) is 8.53. The van der Waals surface area contributed by atoms with Crippen molar-refractivity contribution in [1.82, 2.24) is 10.6 Å². The molecule has 134 valence electrons. The molecule has 0 saturated carbocycles. The van der Waals surface area contributed by atoms with Crippen molar-refractivity contribution in [2.45, 2.75) is 20.0 Å². The van der Waals surface area contributed by atoms with Gasteiger partial charge in [-0.2, -0.15) is 0 Å². The average Bonchev–Trinajstić information content (AvgIpc) is 2.64. The quantitative estimate of drug-likeness (QED) is 0.601. The predicted molar refractivity (Wildman–Crippen MR) is 105 cm³/mol. The van der Waals surface area contributed by atoms with E-state index in [9.17, 15) is 0 Å². The van der Waals surface area contributed by atoms with Crippen LogP contribution in [0.4, 0.5) is 5.69 Å². The molecule has 0 spiro atoms. The van der Waals surface area contributed by atoms with Gasteiger partial charge in [-0.3, -0.25) is 0 Å². The van der Waals surface area contributed by atoms with Crippen molar-refractivity contribution in [1.29, 1.82) is 0 Å². The molecule has 0 heterocycles. The smallest absolute Gasteiger partial charge is 0.191 e. The van der Waals surface area contributed by atoms with Crippen LogP contribution in [0.2, 0.25) is 0 Å². The first-order valence-corrected chi connectivity index (χ1v) is 8.53. The number of hydrogen-bond donors (Lipinski definition) is 2. The lowest BCUT2D eigenvalue weighted by atomic mass is 10.2. The highest BCUT2D eigenvalue weighted by molar-refractivity contribution is 5.79. The molecule has 0 saturated heterocycles. The summed E-state index contributed by atoms with van der Waals surface area (Å²) in [5.41, 5.74) is 3.53. The fourth-order valence-electron chi connectivity index (χ4n) is 2.38. The number of nitrogens with one attached hydrogen (secondary N) is 2. The van der Waals surface area contributed by atoms with E-state index >= 15 is 0 Å². The summed E-state index contributed by atoms with van der Waals surface area (Å²) in [5, 5.41) is 6.66. The fraction of sp³-hybridized carbons (Fsp3) is 0.350. The van der Waals surface area contributed by atoms with E-state index in [2.05, 4.69) is 57.8 Å². The van der Waals surface area contributed by atoms with E-state index in [-0.39, 0.29) is 0 Å². The normalized spacial score (nSPS) is 11.1.